The molecule has 0 spiro atoms. The average molecular weight is 445 g/mol. The molecule has 1 saturated carbocycles. The van der Waals surface area contributed by atoms with E-state index in [0.29, 0.717) is 29.9 Å². The summed E-state index contributed by atoms with van der Waals surface area (Å²) in [6, 6.07) is 2.57. The van der Waals surface area contributed by atoms with E-state index in [1.54, 1.807) is 6.20 Å². The number of amides is 1. The summed E-state index contributed by atoms with van der Waals surface area (Å²) < 4.78 is 37.5. The van der Waals surface area contributed by atoms with E-state index in [2.05, 4.69) is 15.6 Å². The third kappa shape index (κ3) is 5.56. The SMILES string of the molecule is Cc1ncc(NC(=O)c2cc(C3CC3NC3CCN(CC(F)(F)F)CC3)cs2)s1. The molecule has 0 aromatic carbocycles. The predicted octanol–water partition coefficient (Wildman–Crippen LogP) is 4.24. The number of anilines is 1. The van der Waals surface area contributed by atoms with Crippen molar-refractivity contribution in [1.29, 1.82) is 0 Å². The van der Waals surface area contributed by atoms with Gasteiger partial charge in [-0.25, -0.2) is 4.98 Å². The van der Waals surface area contributed by atoms with Gasteiger partial charge in [0.1, 0.15) is 5.00 Å². The standard InChI is InChI=1S/C19H23F3N4OS2/c1-11-23-8-17(29-11)25-18(27)16-6-12(9-28-16)14-7-15(14)24-13-2-4-26(5-3-13)10-19(20,21)22/h6,8-9,13-15,24H,2-5,7,10H2,1H3,(H,25,27). The van der Waals surface area contributed by atoms with Gasteiger partial charge in [-0.05, 0) is 56.3 Å². The maximum absolute atomic E-state index is 12.5. The lowest BCUT2D eigenvalue weighted by Gasteiger charge is -2.33. The Morgan fingerprint density at radius 3 is 2.76 bits per heavy atom. The van der Waals surface area contributed by atoms with Crippen LogP contribution in [0.3, 0.4) is 0 Å². The van der Waals surface area contributed by atoms with Gasteiger partial charge in [-0.1, -0.05) is 0 Å². The number of piperidine rings is 1. The van der Waals surface area contributed by atoms with Crippen LogP contribution in [0, 0.1) is 6.92 Å². The molecule has 5 nitrogen and oxygen atoms in total. The van der Waals surface area contributed by atoms with Gasteiger partial charge in [0.25, 0.3) is 5.91 Å². The van der Waals surface area contributed by atoms with Crippen molar-refractivity contribution in [3.63, 3.8) is 0 Å². The molecule has 2 aromatic rings. The fourth-order valence-electron chi connectivity index (χ4n) is 3.82. The third-order valence-electron chi connectivity index (χ3n) is 5.36. The molecule has 1 aliphatic carbocycles. The highest BCUT2D eigenvalue weighted by Gasteiger charge is 2.41. The minimum atomic E-state index is -4.12. The molecule has 0 radical (unpaired) electrons. The quantitative estimate of drug-likeness (QED) is 0.700. The number of rotatable bonds is 6. The molecule has 2 aromatic heterocycles. The number of halogens is 3. The molecule has 3 heterocycles. The van der Waals surface area contributed by atoms with Crippen molar-refractivity contribution < 1.29 is 18.0 Å². The molecule has 2 atom stereocenters. The number of likely N-dealkylation sites (tertiary alicyclic amines) is 1. The van der Waals surface area contributed by atoms with Crippen LogP contribution in [0.2, 0.25) is 0 Å². The molecule has 1 saturated heterocycles. The van der Waals surface area contributed by atoms with Gasteiger partial charge >= 0.3 is 6.18 Å². The zero-order valence-electron chi connectivity index (χ0n) is 16.0. The minimum Gasteiger partial charge on any atom is -0.312 e. The van der Waals surface area contributed by atoms with Crippen molar-refractivity contribution >= 4 is 33.6 Å². The molecule has 1 aliphatic heterocycles. The molecule has 10 heteroatoms. The lowest BCUT2D eigenvalue weighted by molar-refractivity contribution is -0.148. The maximum Gasteiger partial charge on any atom is 0.401 e. The second-order valence-corrected chi connectivity index (χ2v) is 9.87. The van der Waals surface area contributed by atoms with Gasteiger partial charge in [-0.2, -0.15) is 13.2 Å². The van der Waals surface area contributed by atoms with E-state index in [-0.39, 0.29) is 11.9 Å². The summed E-state index contributed by atoms with van der Waals surface area (Å²) in [5.74, 6) is 0.263. The first-order valence-electron chi connectivity index (χ1n) is 9.64. The first kappa shape index (κ1) is 20.8. The van der Waals surface area contributed by atoms with Crippen molar-refractivity contribution in [3.05, 3.63) is 33.1 Å². The van der Waals surface area contributed by atoms with Crippen molar-refractivity contribution in [2.24, 2.45) is 0 Å². The van der Waals surface area contributed by atoms with Crippen molar-refractivity contribution in [3.8, 4) is 0 Å². The van der Waals surface area contributed by atoms with E-state index in [0.717, 1.165) is 34.8 Å². The van der Waals surface area contributed by atoms with Crippen LogP contribution < -0.4 is 10.6 Å². The molecule has 2 N–H and O–H groups in total. The number of carbonyl (C=O) groups excluding carboxylic acids is 1. The van der Waals surface area contributed by atoms with Crippen molar-refractivity contribution in [2.45, 2.75) is 50.4 Å². The van der Waals surface area contributed by atoms with Gasteiger partial charge in [-0.15, -0.1) is 22.7 Å². The zero-order chi connectivity index (χ0) is 20.6. The average Bonchev–Trinajstić information content (AvgIpc) is 3.03. The lowest BCUT2D eigenvalue weighted by atomic mass is 10.0. The smallest absolute Gasteiger partial charge is 0.312 e. The van der Waals surface area contributed by atoms with Gasteiger partial charge in [0.05, 0.1) is 22.6 Å². The summed E-state index contributed by atoms with van der Waals surface area (Å²) in [6.45, 7) is 2.04. The summed E-state index contributed by atoms with van der Waals surface area (Å²) >= 11 is 2.88. The Hall–Kier alpha value is -1.49. The Balaban J connectivity index is 1.23. The number of alkyl halides is 3. The van der Waals surface area contributed by atoms with E-state index in [9.17, 15) is 18.0 Å². The Bertz CT molecular complexity index is 858. The number of hydrogen-bond donors (Lipinski definition) is 2. The number of aromatic nitrogens is 1. The number of nitrogens with one attached hydrogen (secondary N) is 2. The fraction of sp³-hybridized carbons (Fsp3) is 0.579. The van der Waals surface area contributed by atoms with Gasteiger partial charge in [0, 0.05) is 18.0 Å². The number of aryl methyl sites for hydroxylation is 1. The van der Waals surface area contributed by atoms with Crippen LogP contribution in [-0.2, 0) is 0 Å². The maximum atomic E-state index is 12.5. The highest BCUT2D eigenvalue weighted by atomic mass is 32.1. The molecule has 2 unspecified atom stereocenters. The molecule has 2 aliphatic rings. The summed E-state index contributed by atoms with van der Waals surface area (Å²) in [5.41, 5.74) is 1.16. The molecule has 0 bridgehead atoms. The number of thiophene rings is 1. The zero-order valence-corrected chi connectivity index (χ0v) is 17.6. The summed E-state index contributed by atoms with van der Waals surface area (Å²) in [5, 5.41) is 10.2. The number of nitrogens with zero attached hydrogens (tertiary/aromatic N) is 2. The van der Waals surface area contributed by atoms with E-state index >= 15 is 0 Å². The molecule has 29 heavy (non-hydrogen) atoms. The van der Waals surface area contributed by atoms with Gasteiger partial charge in [-0.3, -0.25) is 9.69 Å². The van der Waals surface area contributed by atoms with Crippen LogP contribution in [0.4, 0.5) is 18.2 Å². The third-order valence-corrected chi connectivity index (χ3v) is 7.14. The van der Waals surface area contributed by atoms with E-state index < -0.39 is 12.7 Å². The Kier molecular flexibility index (Phi) is 5.97. The van der Waals surface area contributed by atoms with Crippen LogP contribution in [0.5, 0.6) is 0 Å². The van der Waals surface area contributed by atoms with E-state index in [1.807, 2.05) is 18.4 Å². The molecular weight excluding hydrogens is 421 g/mol. The highest BCUT2D eigenvalue weighted by molar-refractivity contribution is 7.16. The Morgan fingerprint density at radius 2 is 2.10 bits per heavy atom. The number of hydrogen-bond acceptors (Lipinski definition) is 6. The van der Waals surface area contributed by atoms with Crippen molar-refractivity contribution in [1.82, 2.24) is 15.2 Å². The van der Waals surface area contributed by atoms with Gasteiger partial charge in [0.2, 0.25) is 0 Å². The van der Waals surface area contributed by atoms with Gasteiger partial charge < -0.3 is 10.6 Å². The summed E-state index contributed by atoms with van der Waals surface area (Å²) in [6.07, 6.45) is 0.0290. The van der Waals surface area contributed by atoms with E-state index in [4.69, 9.17) is 0 Å². The number of carbonyl (C=O) groups is 1. The fourth-order valence-corrected chi connectivity index (χ4v) is 5.36. The predicted molar refractivity (Wildman–Crippen MR) is 109 cm³/mol. The highest BCUT2D eigenvalue weighted by Crippen LogP contribution is 2.43. The molecule has 1 amide bonds. The van der Waals surface area contributed by atoms with Gasteiger partial charge in [0.15, 0.2) is 0 Å². The second kappa shape index (κ2) is 8.33. The van der Waals surface area contributed by atoms with Crippen LogP contribution in [0.15, 0.2) is 17.6 Å². The van der Waals surface area contributed by atoms with Crippen LogP contribution >= 0.6 is 22.7 Å². The monoisotopic (exact) mass is 444 g/mol. The first-order chi connectivity index (χ1) is 13.8. The number of thiazole rings is 1. The second-order valence-electron chi connectivity index (χ2n) is 7.72. The molecule has 4 rings (SSSR count). The van der Waals surface area contributed by atoms with Crippen LogP contribution in [-0.4, -0.2) is 53.7 Å². The van der Waals surface area contributed by atoms with Crippen molar-refractivity contribution in [2.75, 3.05) is 25.0 Å². The Morgan fingerprint density at radius 1 is 1.34 bits per heavy atom. The summed E-state index contributed by atoms with van der Waals surface area (Å²) in [7, 11) is 0. The normalized spacial score (nSPS) is 23.3. The van der Waals surface area contributed by atoms with Crippen LogP contribution in [0.1, 0.15) is 45.4 Å². The largest absolute Gasteiger partial charge is 0.401 e. The Labute approximate surface area is 175 Å². The van der Waals surface area contributed by atoms with E-state index in [1.165, 1.54) is 27.6 Å². The minimum absolute atomic E-state index is 0.118. The molecular formula is C19H23F3N4OS2. The first-order valence-corrected chi connectivity index (χ1v) is 11.3. The molecule has 2 fully saturated rings. The lowest BCUT2D eigenvalue weighted by Crippen LogP contribution is -2.46. The summed E-state index contributed by atoms with van der Waals surface area (Å²) in [4.78, 5) is 18.7. The molecule has 158 valence electrons. The van der Waals surface area contributed by atoms with Crippen LogP contribution in [0.25, 0.3) is 0 Å². The topological polar surface area (TPSA) is 57.3 Å².